The number of ether oxygens (including phenoxy) is 1. The van der Waals surface area contributed by atoms with Crippen LogP contribution in [-0.4, -0.2) is 44.1 Å². The van der Waals surface area contributed by atoms with Crippen molar-refractivity contribution in [1.82, 2.24) is 4.31 Å². The lowest BCUT2D eigenvalue weighted by atomic mass is 10.1. The predicted octanol–water partition coefficient (Wildman–Crippen LogP) is 3.06. The van der Waals surface area contributed by atoms with Gasteiger partial charge in [0, 0.05) is 24.0 Å². The van der Waals surface area contributed by atoms with Crippen LogP contribution in [0.1, 0.15) is 24.5 Å². The van der Waals surface area contributed by atoms with E-state index in [0.717, 1.165) is 5.56 Å². The highest BCUT2D eigenvalue weighted by atomic mass is 35.5. The van der Waals surface area contributed by atoms with E-state index in [9.17, 15) is 8.42 Å². The van der Waals surface area contributed by atoms with Crippen molar-refractivity contribution in [2.45, 2.75) is 18.9 Å². The van der Waals surface area contributed by atoms with Crippen LogP contribution in [-0.2, 0) is 14.8 Å². The van der Waals surface area contributed by atoms with Crippen molar-refractivity contribution in [2.75, 3.05) is 31.3 Å². The van der Waals surface area contributed by atoms with Gasteiger partial charge in [0.05, 0.1) is 18.5 Å². The number of hydrogen-bond donors (Lipinski definition) is 0. The van der Waals surface area contributed by atoms with Crippen molar-refractivity contribution in [3.8, 4) is 0 Å². The topological polar surface area (TPSA) is 46.6 Å². The second-order valence-electron chi connectivity index (χ2n) is 4.98. The highest BCUT2D eigenvalue weighted by Crippen LogP contribution is 2.25. The van der Waals surface area contributed by atoms with E-state index in [1.54, 1.807) is 12.1 Å². The molecule has 0 aromatic heterocycles. The molecule has 1 aliphatic heterocycles. The minimum Gasteiger partial charge on any atom is -0.371 e. The molecule has 21 heavy (non-hydrogen) atoms. The SMILES string of the molecule is O=S(=O)(CCCCCl)N1CCOC(c2ccc(Cl)cc2)C1. The molecule has 0 aliphatic carbocycles. The Balaban J connectivity index is 2.01. The van der Waals surface area contributed by atoms with Gasteiger partial charge in [-0.1, -0.05) is 23.7 Å². The monoisotopic (exact) mass is 351 g/mol. The molecule has 0 N–H and O–H groups in total. The Morgan fingerprint density at radius 1 is 1.24 bits per heavy atom. The summed E-state index contributed by atoms with van der Waals surface area (Å²) >= 11 is 11.5. The Bertz CT molecular complexity index is 548. The molecule has 118 valence electrons. The highest BCUT2D eigenvalue weighted by molar-refractivity contribution is 7.89. The normalized spacial score (nSPS) is 20.6. The number of nitrogens with zero attached hydrogens (tertiary/aromatic N) is 1. The minimum atomic E-state index is -3.24. The Hall–Kier alpha value is -0.330. The van der Waals surface area contributed by atoms with Gasteiger partial charge in [0.15, 0.2) is 0 Å². The van der Waals surface area contributed by atoms with E-state index in [1.165, 1.54) is 4.31 Å². The second-order valence-corrected chi connectivity index (χ2v) is 7.88. The van der Waals surface area contributed by atoms with Gasteiger partial charge in [-0.25, -0.2) is 8.42 Å². The van der Waals surface area contributed by atoms with Gasteiger partial charge in [-0.15, -0.1) is 11.6 Å². The number of benzene rings is 1. The molecule has 0 amide bonds. The van der Waals surface area contributed by atoms with Crippen LogP contribution in [0.4, 0.5) is 0 Å². The number of unbranched alkanes of at least 4 members (excludes halogenated alkanes) is 1. The molecule has 1 heterocycles. The standard InChI is InChI=1S/C14H19Cl2NO3S/c15-7-1-2-10-21(18,19)17-8-9-20-14(11-17)12-3-5-13(16)6-4-12/h3-6,14H,1-2,7-11H2. The lowest BCUT2D eigenvalue weighted by Gasteiger charge is -2.32. The molecule has 0 spiro atoms. The smallest absolute Gasteiger partial charge is 0.214 e. The van der Waals surface area contributed by atoms with Crippen LogP contribution in [0.5, 0.6) is 0 Å². The molecule has 7 heteroatoms. The third-order valence-electron chi connectivity index (χ3n) is 3.45. The Morgan fingerprint density at radius 2 is 1.95 bits per heavy atom. The summed E-state index contributed by atoms with van der Waals surface area (Å²) in [4.78, 5) is 0. The third-order valence-corrected chi connectivity index (χ3v) is 5.89. The number of morpholine rings is 1. The summed E-state index contributed by atoms with van der Waals surface area (Å²) in [5.41, 5.74) is 0.944. The van der Waals surface area contributed by atoms with Gasteiger partial charge < -0.3 is 4.74 Å². The number of sulfonamides is 1. The van der Waals surface area contributed by atoms with Crippen LogP contribution in [0, 0.1) is 0 Å². The van der Waals surface area contributed by atoms with Gasteiger partial charge in [0.1, 0.15) is 0 Å². The fourth-order valence-corrected chi connectivity index (χ4v) is 4.12. The predicted molar refractivity (Wildman–Crippen MR) is 85.5 cm³/mol. The maximum atomic E-state index is 12.3. The van der Waals surface area contributed by atoms with Crippen molar-refractivity contribution in [2.24, 2.45) is 0 Å². The lowest BCUT2D eigenvalue weighted by molar-refractivity contribution is -0.00254. The summed E-state index contributed by atoms with van der Waals surface area (Å²) in [6.07, 6.45) is 1.07. The first kappa shape index (κ1) is 17.0. The van der Waals surface area contributed by atoms with Gasteiger partial charge in [0.25, 0.3) is 0 Å². The summed E-state index contributed by atoms with van der Waals surface area (Å²) in [6, 6.07) is 7.32. The number of rotatable bonds is 6. The van der Waals surface area contributed by atoms with Gasteiger partial charge in [-0.2, -0.15) is 4.31 Å². The lowest BCUT2D eigenvalue weighted by Crippen LogP contribution is -2.43. The quantitative estimate of drug-likeness (QED) is 0.584. The van der Waals surface area contributed by atoms with Crippen molar-refractivity contribution >= 4 is 33.2 Å². The van der Waals surface area contributed by atoms with E-state index < -0.39 is 10.0 Å². The van der Waals surface area contributed by atoms with Crippen LogP contribution in [0.25, 0.3) is 0 Å². The molecule has 1 saturated heterocycles. The molecule has 1 atom stereocenters. The first-order chi connectivity index (χ1) is 10.0. The molecular formula is C14H19Cl2NO3S. The molecule has 1 fully saturated rings. The summed E-state index contributed by atoms with van der Waals surface area (Å²) in [7, 11) is -3.24. The molecule has 1 aliphatic rings. The largest absolute Gasteiger partial charge is 0.371 e. The van der Waals surface area contributed by atoms with Crippen LogP contribution in [0.3, 0.4) is 0 Å². The van der Waals surface area contributed by atoms with Gasteiger partial charge in [0.2, 0.25) is 10.0 Å². The van der Waals surface area contributed by atoms with Crippen LogP contribution >= 0.6 is 23.2 Å². The number of halogens is 2. The molecule has 0 saturated carbocycles. The zero-order valence-corrected chi connectivity index (χ0v) is 14.0. The Labute approximate surface area is 136 Å². The van der Waals surface area contributed by atoms with E-state index in [-0.39, 0.29) is 11.9 Å². The van der Waals surface area contributed by atoms with E-state index >= 15 is 0 Å². The molecule has 1 aromatic carbocycles. The summed E-state index contributed by atoms with van der Waals surface area (Å²) in [5.74, 6) is 0.638. The molecule has 1 aromatic rings. The molecular weight excluding hydrogens is 333 g/mol. The van der Waals surface area contributed by atoms with Gasteiger partial charge in [-0.3, -0.25) is 0 Å². The second kappa shape index (κ2) is 7.79. The van der Waals surface area contributed by atoms with Crippen molar-refractivity contribution in [3.05, 3.63) is 34.9 Å². The fourth-order valence-electron chi connectivity index (χ4n) is 2.27. The summed E-state index contributed by atoms with van der Waals surface area (Å²) in [5, 5.41) is 0.653. The molecule has 0 radical (unpaired) electrons. The maximum Gasteiger partial charge on any atom is 0.214 e. The van der Waals surface area contributed by atoms with Gasteiger partial charge in [-0.05, 0) is 30.5 Å². The van der Waals surface area contributed by atoms with Crippen molar-refractivity contribution in [3.63, 3.8) is 0 Å². The van der Waals surface area contributed by atoms with E-state index in [0.29, 0.717) is 43.4 Å². The highest BCUT2D eigenvalue weighted by Gasteiger charge is 2.29. The Kier molecular flexibility index (Phi) is 6.32. The Morgan fingerprint density at radius 3 is 2.62 bits per heavy atom. The van der Waals surface area contributed by atoms with E-state index in [2.05, 4.69) is 0 Å². The van der Waals surface area contributed by atoms with E-state index in [4.69, 9.17) is 27.9 Å². The summed E-state index contributed by atoms with van der Waals surface area (Å²) in [6.45, 7) is 1.17. The minimum absolute atomic E-state index is 0.146. The average molecular weight is 352 g/mol. The molecule has 2 rings (SSSR count). The fraction of sp³-hybridized carbons (Fsp3) is 0.571. The van der Waals surface area contributed by atoms with Gasteiger partial charge >= 0.3 is 0 Å². The molecule has 4 nitrogen and oxygen atoms in total. The molecule has 0 bridgehead atoms. The first-order valence-corrected chi connectivity index (χ1v) is 9.46. The zero-order chi connectivity index (χ0) is 15.3. The maximum absolute atomic E-state index is 12.3. The van der Waals surface area contributed by atoms with Crippen molar-refractivity contribution < 1.29 is 13.2 Å². The number of hydrogen-bond acceptors (Lipinski definition) is 3. The van der Waals surface area contributed by atoms with E-state index in [1.807, 2.05) is 12.1 Å². The summed E-state index contributed by atoms with van der Waals surface area (Å²) < 4.78 is 31.8. The van der Waals surface area contributed by atoms with Crippen molar-refractivity contribution in [1.29, 1.82) is 0 Å². The number of alkyl halides is 1. The molecule has 1 unspecified atom stereocenters. The average Bonchev–Trinajstić information content (AvgIpc) is 2.48. The first-order valence-electron chi connectivity index (χ1n) is 6.94. The van der Waals surface area contributed by atoms with Crippen LogP contribution < -0.4 is 0 Å². The zero-order valence-electron chi connectivity index (χ0n) is 11.7. The third kappa shape index (κ3) is 4.83. The van der Waals surface area contributed by atoms with Crippen LogP contribution in [0.2, 0.25) is 5.02 Å². The van der Waals surface area contributed by atoms with Crippen LogP contribution in [0.15, 0.2) is 24.3 Å².